The summed E-state index contributed by atoms with van der Waals surface area (Å²) in [6, 6.07) is 6.20. The normalized spacial score (nSPS) is 18.4. The molecule has 1 aliphatic rings. The first-order chi connectivity index (χ1) is 11.9. The van der Waals surface area contributed by atoms with Crippen LogP contribution in [0.2, 0.25) is 0 Å². The van der Waals surface area contributed by atoms with Gasteiger partial charge >= 0.3 is 0 Å². The largest absolute Gasteiger partial charge is 0.467 e. The molecule has 1 unspecified atom stereocenters. The van der Waals surface area contributed by atoms with Crippen molar-refractivity contribution in [1.82, 2.24) is 9.62 Å². The van der Waals surface area contributed by atoms with E-state index in [1.165, 1.54) is 29.6 Å². The lowest BCUT2D eigenvalue weighted by Crippen LogP contribution is -2.45. The molecule has 1 aromatic carbocycles. The van der Waals surface area contributed by atoms with Gasteiger partial charge in [-0.05, 0) is 55.7 Å². The predicted octanol–water partition coefficient (Wildman–Crippen LogP) is 2.20. The molecule has 0 radical (unpaired) electrons. The summed E-state index contributed by atoms with van der Waals surface area (Å²) in [5.41, 5.74) is 0.321. The van der Waals surface area contributed by atoms with Gasteiger partial charge in [0.15, 0.2) is 0 Å². The number of nitrogens with zero attached hydrogens (tertiary/aromatic N) is 1. The van der Waals surface area contributed by atoms with Crippen LogP contribution in [0.3, 0.4) is 0 Å². The fourth-order valence-corrected chi connectivity index (χ4v) is 4.89. The minimum Gasteiger partial charge on any atom is -0.467 e. The lowest BCUT2D eigenvalue weighted by molar-refractivity contribution is -0.124. The van der Waals surface area contributed by atoms with Crippen LogP contribution in [0.1, 0.15) is 24.2 Å². The molecule has 0 aliphatic carbocycles. The molecule has 134 valence electrons. The number of hydrogen-bond donors (Lipinski definition) is 1. The van der Waals surface area contributed by atoms with Gasteiger partial charge in [-0.2, -0.15) is 4.31 Å². The predicted molar refractivity (Wildman–Crippen MR) is 88.6 cm³/mol. The molecular weight excluding hydrogens is 347 g/mol. The number of carbonyl (C=O) groups excluding carboxylic acids is 1. The van der Waals surface area contributed by atoms with Gasteiger partial charge in [-0.25, -0.2) is 12.8 Å². The second-order valence-electron chi connectivity index (χ2n) is 5.98. The molecule has 2 heterocycles. The highest BCUT2D eigenvalue weighted by Gasteiger charge is 2.39. The molecule has 1 N–H and O–H groups in total. The summed E-state index contributed by atoms with van der Waals surface area (Å²) in [7, 11) is -3.87. The lowest BCUT2D eigenvalue weighted by Gasteiger charge is -2.24. The summed E-state index contributed by atoms with van der Waals surface area (Å²) in [5, 5.41) is 2.71. The van der Waals surface area contributed by atoms with E-state index in [-0.39, 0.29) is 23.9 Å². The fraction of sp³-hybridized carbons (Fsp3) is 0.353. The third-order valence-electron chi connectivity index (χ3n) is 4.25. The van der Waals surface area contributed by atoms with Crippen LogP contribution in [0.4, 0.5) is 4.39 Å². The van der Waals surface area contributed by atoms with Crippen molar-refractivity contribution < 1.29 is 22.0 Å². The Labute approximate surface area is 145 Å². The van der Waals surface area contributed by atoms with Crippen LogP contribution < -0.4 is 5.32 Å². The maximum Gasteiger partial charge on any atom is 0.244 e. The molecule has 8 heteroatoms. The van der Waals surface area contributed by atoms with E-state index < -0.39 is 21.9 Å². The van der Waals surface area contributed by atoms with Crippen LogP contribution in [-0.4, -0.2) is 31.2 Å². The zero-order valence-corrected chi connectivity index (χ0v) is 14.6. The number of sulfonamides is 1. The Bertz CT molecular complexity index is 865. The molecule has 1 aliphatic heterocycles. The second kappa shape index (κ2) is 6.97. The van der Waals surface area contributed by atoms with E-state index in [0.717, 1.165) is 6.07 Å². The standard InChI is InChI=1S/C17H19FN2O4S/c1-12-10-13(18)6-7-16(12)25(22,23)20-8-2-5-15(20)17(21)19-11-14-4-3-9-24-14/h3-4,6-7,9-10,15H,2,5,8,11H2,1H3,(H,19,21). The molecule has 6 nitrogen and oxygen atoms in total. The maximum atomic E-state index is 13.3. The number of nitrogens with one attached hydrogen (secondary N) is 1. The van der Waals surface area contributed by atoms with Crippen molar-refractivity contribution in [2.75, 3.05) is 6.54 Å². The third kappa shape index (κ3) is 3.59. The third-order valence-corrected chi connectivity index (χ3v) is 6.32. The highest BCUT2D eigenvalue weighted by Crippen LogP contribution is 2.28. The van der Waals surface area contributed by atoms with Gasteiger partial charge in [0.1, 0.15) is 17.6 Å². The van der Waals surface area contributed by atoms with E-state index >= 15 is 0 Å². The Morgan fingerprint density at radius 3 is 2.88 bits per heavy atom. The fourth-order valence-electron chi connectivity index (χ4n) is 3.02. The first-order valence-electron chi connectivity index (χ1n) is 7.97. The maximum absolute atomic E-state index is 13.3. The monoisotopic (exact) mass is 366 g/mol. The van der Waals surface area contributed by atoms with Crippen molar-refractivity contribution in [1.29, 1.82) is 0 Å². The van der Waals surface area contributed by atoms with E-state index in [1.54, 1.807) is 12.1 Å². The van der Waals surface area contributed by atoms with Crippen molar-refractivity contribution in [2.24, 2.45) is 0 Å². The number of furan rings is 1. The molecule has 2 aromatic rings. The van der Waals surface area contributed by atoms with Gasteiger partial charge in [0.2, 0.25) is 15.9 Å². The summed E-state index contributed by atoms with van der Waals surface area (Å²) in [4.78, 5) is 12.5. The smallest absolute Gasteiger partial charge is 0.244 e. The van der Waals surface area contributed by atoms with Crippen LogP contribution in [0, 0.1) is 12.7 Å². The number of rotatable bonds is 5. The molecule has 1 fully saturated rings. The summed E-state index contributed by atoms with van der Waals surface area (Å²) in [5.74, 6) is -0.266. The van der Waals surface area contributed by atoms with Crippen LogP contribution in [0.5, 0.6) is 0 Å². The molecule has 0 bridgehead atoms. The topological polar surface area (TPSA) is 79.6 Å². The average Bonchev–Trinajstić information content (AvgIpc) is 3.24. The van der Waals surface area contributed by atoms with E-state index in [0.29, 0.717) is 24.2 Å². The number of halogens is 1. The Morgan fingerprint density at radius 1 is 1.40 bits per heavy atom. The van der Waals surface area contributed by atoms with Gasteiger partial charge in [0, 0.05) is 6.54 Å². The molecule has 0 spiro atoms. The summed E-state index contributed by atoms with van der Waals surface area (Å²) in [6.45, 7) is 2.00. The van der Waals surface area contributed by atoms with Crippen LogP contribution in [0.15, 0.2) is 45.9 Å². The van der Waals surface area contributed by atoms with Gasteiger partial charge in [0.05, 0.1) is 17.7 Å². The van der Waals surface area contributed by atoms with E-state index in [2.05, 4.69) is 5.32 Å². The second-order valence-corrected chi connectivity index (χ2v) is 7.84. The molecule has 1 saturated heterocycles. The molecule has 1 aromatic heterocycles. The zero-order chi connectivity index (χ0) is 18.0. The minimum atomic E-state index is -3.87. The summed E-state index contributed by atoms with van der Waals surface area (Å²) in [6.07, 6.45) is 2.55. The Balaban J connectivity index is 1.79. The van der Waals surface area contributed by atoms with Crippen molar-refractivity contribution in [2.45, 2.75) is 37.2 Å². The van der Waals surface area contributed by atoms with Gasteiger partial charge < -0.3 is 9.73 Å². The van der Waals surface area contributed by atoms with Gasteiger partial charge in [-0.15, -0.1) is 0 Å². The molecule has 1 atom stereocenters. The van der Waals surface area contributed by atoms with Gasteiger partial charge in [0.25, 0.3) is 0 Å². The average molecular weight is 366 g/mol. The quantitative estimate of drug-likeness (QED) is 0.880. The highest BCUT2D eigenvalue weighted by molar-refractivity contribution is 7.89. The van der Waals surface area contributed by atoms with E-state index in [1.807, 2.05) is 0 Å². The first kappa shape index (κ1) is 17.6. The Kier molecular flexibility index (Phi) is 4.91. The van der Waals surface area contributed by atoms with Crippen molar-refractivity contribution in [3.8, 4) is 0 Å². The number of carbonyl (C=O) groups is 1. The lowest BCUT2D eigenvalue weighted by atomic mass is 10.2. The Morgan fingerprint density at radius 2 is 2.20 bits per heavy atom. The van der Waals surface area contributed by atoms with Gasteiger partial charge in [-0.1, -0.05) is 0 Å². The molecule has 25 heavy (non-hydrogen) atoms. The van der Waals surface area contributed by atoms with E-state index in [4.69, 9.17) is 4.42 Å². The van der Waals surface area contributed by atoms with Crippen molar-refractivity contribution in [3.63, 3.8) is 0 Å². The van der Waals surface area contributed by atoms with Crippen LogP contribution in [0.25, 0.3) is 0 Å². The van der Waals surface area contributed by atoms with Crippen molar-refractivity contribution in [3.05, 3.63) is 53.7 Å². The molecule has 3 rings (SSSR count). The highest BCUT2D eigenvalue weighted by atomic mass is 32.2. The SMILES string of the molecule is Cc1cc(F)ccc1S(=O)(=O)N1CCCC1C(=O)NCc1ccco1. The first-order valence-corrected chi connectivity index (χ1v) is 9.41. The Hall–Kier alpha value is -2.19. The number of benzene rings is 1. The van der Waals surface area contributed by atoms with Crippen LogP contribution in [-0.2, 0) is 21.4 Å². The summed E-state index contributed by atoms with van der Waals surface area (Å²) >= 11 is 0. The van der Waals surface area contributed by atoms with E-state index in [9.17, 15) is 17.6 Å². The van der Waals surface area contributed by atoms with Crippen molar-refractivity contribution >= 4 is 15.9 Å². The number of aryl methyl sites for hydroxylation is 1. The zero-order valence-electron chi connectivity index (χ0n) is 13.7. The van der Waals surface area contributed by atoms with Gasteiger partial charge in [-0.3, -0.25) is 4.79 Å². The van der Waals surface area contributed by atoms with Crippen LogP contribution >= 0.6 is 0 Å². The minimum absolute atomic E-state index is 0.0274. The number of amides is 1. The molecular formula is C17H19FN2O4S. The summed E-state index contributed by atoms with van der Waals surface area (Å²) < 4.78 is 45.5. The molecule has 0 saturated carbocycles. The number of hydrogen-bond acceptors (Lipinski definition) is 4. The molecule has 1 amide bonds.